The van der Waals surface area contributed by atoms with Crippen LogP contribution in [0.2, 0.25) is 0 Å². The summed E-state index contributed by atoms with van der Waals surface area (Å²) in [6, 6.07) is 4.79. The minimum Gasteiger partial charge on any atom is -0.390 e. The van der Waals surface area contributed by atoms with Crippen LogP contribution in [0.4, 0.5) is 10.1 Å². The molecule has 0 radical (unpaired) electrons. The number of benzene rings is 1. The van der Waals surface area contributed by atoms with Gasteiger partial charge in [-0.05, 0) is 48.2 Å². The smallest absolute Gasteiger partial charge is 0.139 e. The van der Waals surface area contributed by atoms with E-state index in [2.05, 4.69) is 21.2 Å². The molecule has 1 aromatic rings. The van der Waals surface area contributed by atoms with Crippen molar-refractivity contribution in [3.8, 4) is 0 Å². The Morgan fingerprint density at radius 2 is 2.19 bits per heavy atom. The second kappa shape index (κ2) is 6.18. The second-order valence-corrected chi connectivity index (χ2v) is 4.78. The monoisotopic (exact) mass is 290 g/mol. The lowest BCUT2D eigenvalue weighted by Gasteiger charge is -2.17. The number of anilines is 1. The Kier molecular flexibility index (Phi) is 5.18. The number of nitrogens with one attached hydrogen (secondary N) is 1. The lowest BCUT2D eigenvalue weighted by Crippen LogP contribution is -2.31. The first-order valence-electron chi connectivity index (χ1n) is 5.00. The van der Waals surface area contributed by atoms with Crippen LogP contribution in [0.15, 0.2) is 22.7 Å². The van der Waals surface area contributed by atoms with Crippen molar-refractivity contribution < 1.29 is 9.50 Å². The lowest BCUT2D eigenvalue weighted by atomic mass is 10.3. The van der Waals surface area contributed by atoms with E-state index in [0.29, 0.717) is 23.2 Å². The van der Waals surface area contributed by atoms with Crippen molar-refractivity contribution in [3.05, 3.63) is 28.5 Å². The van der Waals surface area contributed by atoms with Gasteiger partial charge in [-0.25, -0.2) is 4.39 Å². The summed E-state index contributed by atoms with van der Waals surface area (Å²) in [5.74, 6) is -0.313. The molecule has 1 unspecified atom stereocenters. The van der Waals surface area contributed by atoms with Gasteiger partial charge in [-0.2, -0.15) is 0 Å². The normalized spacial score (nSPS) is 12.9. The summed E-state index contributed by atoms with van der Waals surface area (Å²) in [7, 11) is 3.78. The molecule has 0 amide bonds. The van der Waals surface area contributed by atoms with Gasteiger partial charge in [0.05, 0.1) is 10.6 Å². The molecular formula is C11H16BrFN2O. The zero-order chi connectivity index (χ0) is 12.1. The fourth-order valence-electron chi connectivity index (χ4n) is 1.33. The van der Waals surface area contributed by atoms with Gasteiger partial charge in [0.15, 0.2) is 0 Å². The van der Waals surface area contributed by atoms with Gasteiger partial charge < -0.3 is 15.3 Å². The molecule has 16 heavy (non-hydrogen) atoms. The van der Waals surface area contributed by atoms with Crippen LogP contribution in [-0.4, -0.2) is 43.3 Å². The molecule has 0 aliphatic carbocycles. The van der Waals surface area contributed by atoms with Gasteiger partial charge in [-0.15, -0.1) is 0 Å². The maximum atomic E-state index is 13.2. The summed E-state index contributed by atoms with van der Waals surface area (Å²) >= 11 is 3.08. The fraction of sp³-hybridized carbons (Fsp3) is 0.455. The average Bonchev–Trinajstić information content (AvgIpc) is 2.19. The Labute approximate surface area is 103 Å². The predicted octanol–water partition coefficient (Wildman–Crippen LogP) is 1.92. The number of hydrogen-bond acceptors (Lipinski definition) is 3. The first-order chi connectivity index (χ1) is 7.49. The Hall–Kier alpha value is -0.650. The molecule has 1 rings (SSSR count). The molecule has 5 heteroatoms. The third-order valence-corrected chi connectivity index (χ3v) is 2.68. The number of likely N-dealkylation sites (N-methyl/N-ethyl adjacent to an activating group) is 1. The van der Waals surface area contributed by atoms with E-state index >= 15 is 0 Å². The van der Waals surface area contributed by atoms with Crippen molar-refractivity contribution in [2.45, 2.75) is 6.10 Å². The van der Waals surface area contributed by atoms with Gasteiger partial charge in [-0.1, -0.05) is 0 Å². The van der Waals surface area contributed by atoms with Crippen molar-refractivity contribution in [3.63, 3.8) is 0 Å². The highest BCUT2D eigenvalue weighted by Gasteiger charge is 2.06. The minimum atomic E-state index is -0.471. The van der Waals surface area contributed by atoms with Gasteiger partial charge in [0.1, 0.15) is 5.82 Å². The van der Waals surface area contributed by atoms with Crippen LogP contribution in [0.3, 0.4) is 0 Å². The van der Waals surface area contributed by atoms with E-state index in [1.807, 2.05) is 19.0 Å². The van der Waals surface area contributed by atoms with E-state index in [0.717, 1.165) is 0 Å². The van der Waals surface area contributed by atoms with E-state index in [-0.39, 0.29) is 5.82 Å². The molecule has 0 fully saturated rings. The third-order valence-electron chi connectivity index (χ3n) is 2.04. The summed E-state index contributed by atoms with van der Waals surface area (Å²) in [4.78, 5) is 1.90. The summed E-state index contributed by atoms with van der Waals surface area (Å²) in [6.45, 7) is 0.977. The van der Waals surface area contributed by atoms with E-state index < -0.39 is 6.10 Å². The third kappa shape index (κ3) is 4.47. The zero-order valence-electron chi connectivity index (χ0n) is 9.37. The Morgan fingerprint density at radius 3 is 2.75 bits per heavy atom. The van der Waals surface area contributed by atoms with Gasteiger partial charge in [0, 0.05) is 18.8 Å². The number of hydrogen-bond donors (Lipinski definition) is 2. The number of halogens is 2. The highest BCUT2D eigenvalue weighted by molar-refractivity contribution is 9.10. The van der Waals surface area contributed by atoms with E-state index in [4.69, 9.17) is 0 Å². The molecule has 90 valence electrons. The molecule has 0 spiro atoms. The molecule has 1 atom stereocenters. The number of aliphatic hydroxyl groups excluding tert-OH is 1. The first-order valence-corrected chi connectivity index (χ1v) is 5.80. The van der Waals surface area contributed by atoms with E-state index in [9.17, 15) is 9.50 Å². The van der Waals surface area contributed by atoms with Crippen LogP contribution in [0.1, 0.15) is 0 Å². The summed E-state index contributed by atoms with van der Waals surface area (Å²) in [6.07, 6.45) is -0.471. The number of aliphatic hydroxyl groups is 1. The molecule has 2 N–H and O–H groups in total. The Balaban J connectivity index is 2.45. The van der Waals surface area contributed by atoms with Gasteiger partial charge in [0.2, 0.25) is 0 Å². The standard InChI is InChI=1S/C11H16BrFN2O/c1-15(2)7-9(16)6-14-8-3-4-10(12)11(13)5-8/h3-5,9,14,16H,6-7H2,1-2H3. The zero-order valence-corrected chi connectivity index (χ0v) is 11.0. The highest BCUT2D eigenvalue weighted by atomic mass is 79.9. The molecule has 0 saturated heterocycles. The number of rotatable bonds is 5. The van der Waals surface area contributed by atoms with Crippen molar-refractivity contribution in [1.82, 2.24) is 4.90 Å². The minimum absolute atomic E-state index is 0.313. The predicted molar refractivity (Wildman–Crippen MR) is 67.2 cm³/mol. The fourth-order valence-corrected chi connectivity index (χ4v) is 1.57. The molecule has 0 aromatic heterocycles. The Bertz CT molecular complexity index is 347. The summed E-state index contributed by atoms with van der Waals surface area (Å²) in [5, 5.41) is 12.6. The SMILES string of the molecule is CN(C)CC(O)CNc1ccc(Br)c(F)c1. The van der Waals surface area contributed by atoms with Crippen LogP contribution in [-0.2, 0) is 0 Å². The van der Waals surface area contributed by atoms with Crippen molar-refractivity contribution in [1.29, 1.82) is 0 Å². The van der Waals surface area contributed by atoms with Gasteiger partial charge in [-0.3, -0.25) is 0 Å². The lowest BCUT2D eigenvalue weighted by molar-refractivity contribution is 0.148. The maximum absolute atomic E-state index is 13.2. The van der Waals surface area contributed by atoms with Crippen LogP contribution in [0.5, 0.6) is 0 Å². The topological polar surface area (TPSA) is 35.5 Å². The van der Waals surface area contributed by atoms with Crippen LogP contribution in [0.25, 0.3) is 0 Å². The van der Waals surface area contributed by atoms with Crippen LogP contribution in [0, 0.1) is 5.82 Å². The average molecular weight is 291 g/mol. The summed E-state index contributed by atoms with van der Waals surface area (Å²) in [5.41, 5.74) is 0.665. The van der Waals surface area contributed by atoms with Crippen LogP contribution >= 0.6 is 15.9 Å². The molecule has 1 aromatic carbocycles. The van der Waals surface area contributed by atoms with Gasteiger partial charge in [0.25, 0.3) is 0 Å². The van der Waals surface area contributed by atoms with Crippen molar-refractivity contribution in [2.24, 2.45) is 0 Å². The molecule has 0 aliphatic heterocycles. The highest BCUT2D eigenvalue weighted by Crippen LogP contribution is 2.19. The first kappa shape index (κ1) is 13.4. The molecule has 0 heterocycles. The van der Waals surface area contributed by atoms with Crippen molar-refractivity contribution >= 4 is 21.6 Å². The summed E-state index contributed by atoms with van der Waals surface area (Å²) < 4.78 is 13.6. The van der Waals surface area contributed by atoms with Crippen molar-refractivity contribution in [2.75, 3.05) is 32.5 Å². The molecule has 0 aliphatic rings. The quantitative estimate of drug-likeness (QED) is 0.870. The van der Waals surface area contributed by atoms with Crippen LogP contribution < -0.4 is 5.32 Å². The maximum Gasteiger partial charge on any atom is 0.139 e. The molecule has 3 nitrogen and oxygen atoms in total. The largest absolute Gasteiger partial charge is 0.390 e. The van der Waals surface area contributed by atoms with Gasteiger partial charge >= 0.3 is 0 Å². The van der Waals surface area contributed by atoms with E-state index in [1.165, 1.54) is 6.07 Å². The molecular weight excluding hydrogens is 275 g/mol. The molecule has 0 saturated carbocycles. The second-order valence-electron chi connectivity index (χ2n) is 3.93. The Morgan fingerprint density at radius 1 is 1.50 bits per heavy atom. The number of nitrogens with zero attached hydrogens (tertiary/aromatic N) is 1. The van der Waals surface area contributed by atoms with E-state index in [1.54, 1.807) is 12.1 Å². The molecule has 0 bridgehead atoms.